The lowest BCUT2D eigenvalue weighted by Crippen LogP contribution is -2.27. The second-order valence-corrected chi connectivity index (χ2v) is 4.74. The summed E-state index contributed by atoms with van der Waals surface area (Å²) in [5.74, 6) is 1.62. The van der Waals surface area contributed by atoms with Crippen LogP contribution in [0.2, 0.25) is 0 Å². The lowest BCUT2D eigenvalue weighted by Gasteiger charge is -2.10. The summed E-state index contributed by atoms with van der Waals surface area (Å²) < 4.78 is 5.54. The van der Waals surface area contributed by atoms with E-state index in [4.69, 9.17) is 4.74 Å². The minimum absolute atomic E-state index is 0.0352. The Labute approximate surface area is 98.8 Å². The minimum atomic E-state index is -0.355. The average Bonchev–Trinajstić information content (AvgIpc) is 2.68. The molecule has 16 heavy (non-hydrogen) atoms. The number of nitrogens with one attached hydrogen (secondary N) is 1. The maximum absolute atomic E-state index is 11.3. The number of pyridine rings is 1. The predicted molar refractivity (Wildman–Crippen MR) is 62.7 cm³/mol. The van der Waals surface area contributed by atoms with Gasteiger partial charge < -0.3 is 10.1 Å². The van der Waals surface area contributed by atoms with Gasteiger partial charge in [-0.05, 0) is 17.9 Å². The summed E-state index contributed by atoms with van der Waals surface area (Å²) in [6.45, 7) is 2.78. The first-order chi connectivity index (χ1) is 7.79. The Bertz CT molecular complexity index is 367. The molecule has 1 N–H and O–H groups in total. The number of hydrogen-bond acceptors (Lipinski definition) is 4. The summed E-state index contributed by atoms with van der Waals surface area (Å²) in [5, 5.41) is 3.71. The largest absolute Gasteiger partial charge is 0.479 e. The summed E-state index contributed by atoms with van der Waals surface area (Å²) in [4.78, 5) is 15.5. The number of ether oxygens (including phenoxy) is 1. The fourth-order valence-electron chi connectivity index (χ4n) is 1.52. The van der Waals surface area contributed by atoms with Crippen LogP contribution in [-0.4, -0.2) is 29.3 Å². The average molecular weight is 238 g/mol. The van der Waals surface area contributed by atoms with Gasteiger partial charge in [-0.3, -0.25) is 4.79 Å². The molecule has 1 aromatic heterocycles. The number of aromatic nitrogens is 1. The van der Waals surface area contributed by atoms with Crippen molar-refractivity contribution in [3.63, 3.8) is 0 Å². The SMILES string of the molecule is CCSc1ccc(O[C@@H]2CCNC2=O)cn1. The summed E-state index contributed by atoms with van der Waals surface area (Å²) in [7, 11) is 0. The van der Waals surface area contributed by atoms with E-state index in [1.165, 1.54) is 0 Å². The molecule has 86 valence electrons. The van der Waals surface area contributed by atoms with Gasteiger partial charge in [0, 0.05) is 13.0 Å². The zero-order chi connectivity index (χ0) is 11.4. The molecule has 0 spiro atoms. The molecule has 0 unspecified atom stereocenters. The van der Waals surface area contributed by atoms with E-state index in [1.54, 1.807) is 18.0 Å². The molecule has 5 heteroatoms. The Morgan fingerprint density at radius 3 is 3.06 bits per heavy atom. The molecular weight excluding hydrogens is 224 g/mol. The summed E-state index contributed by atoms with van der Waals surface area (Å²) in [5.41, 5.74) is 0. The van der Waals surface area contributed by atoms with Crippen LogP contribution in [0.15, 0.2) is 23.4 Å². The van der Waals surface area contributed by atoms with E-state index in [-0.39, 0.29) is 12.0 Å². The van der Waals surface area contributed by atoms with Crippen molar-refractivity contribution >= 4 is 17.7 Å². The quantitative estimate of drug-likeness (QED) is 0.807. The van der Waals surface area contributed by atoms with Crippen LogP contribution in [0.3, 0.4) is 0 Å². The highest BCUT2D eigenvalue weighted by Gasteiger charge is 2.25. The highest BCUT2D eigenvalue weighted by atomic mass is 32.2. The monoisotopic (exact) mass is 238 g/mol. The topological polar surface area (TPSA) is 51.2 Å². The zero-order valence-electron chi connectivity index (χ0n) is 9.10. The van der Waals surface area contributed by atoms with Crippen molar-refractivity contribution < 1.29 is 9.53 Å². The number of hydrogen-bond donors (Lipinski definition) is 1. The highest BCUT2D eigenvalue weighted by Crippen LogP contribution is 2.19. The van der Waals surface area contributed by atoms with E-state index in [2.05, 4.69) is 17.2 Å². The van der Waals surface area contributed by atoms with Gasteiger partial charge in [-0.1, -0.05) is 6.92 Å². The number of amides is 1. The van der Waals surface area contributed by atoms with Crippen LogP contribution in [0.4, 0.5) is 0 Å². The van der Waals surface area contributed by atoms with Gasteiger partial charge in [0.2, 0.25) is 0 Å². The molecular formula is C11H14N2O2S. The maximum Gasteiger partial charge on any atom is 0.261 e. The third kappa shape index (κ3) is 2.66. The van der Waals surface area contributed by atoms with Gasteiger partial charge in [-0.25, -0.2) is 4.98 Å². The number of carbonyl (C=O) groups is 1. The van der Waals surface area contributed by atoms with Crippen molar-refractivity contribution in [2.24, 2.45) is 0 Å². The van der Waals surface area contributed by atoms with Crippen molar-refractivity contribution in [3.05, 3.63) is 18.3 Å². The number of rotatable bonds is 4. The third-order valence-corrected chi connectivity index (χ3v) is 3.10. The van der Waals surface area contributed by atoms with Gasteiger partial charge in [-0.15, -0.1) is 11.8 Å². The lowest BCUT2D eigenvalue weighted by atomic mass is 10.3. The molecule has 0 aliphatic carbocycles. The molecule has 1 aliphatic rings. The summed E-state index contributed by atoms with van der Waals surface area (Å²) >= 11 is 1.68. The van der Waals surface area contributed by atoms with Crippen molar-refractivity contribution in [2.75, 3.05) is 12.3 Å². The lowest BCUT2D eigenvalue weighted by molar-refractivity contribution is -0.124. The molecule has 1 fully saturated rings. The van der Waals surface area contributed by atoms with Crippen molar-refractivity contribution in [1.29, 1.82) is 0 Å². The normalized spacial score (nSPS) is 19.6. The first kappa shape index (κ1) is 11.3. The van der Waals surface area contributed by atoms with E-state index < -0.39 is 0 Å². The summed E-state index contributed by atoms with van der Waals surface area (Å²) in [6, 6.07) is 3.77. The zero-order valence-corrected chi connectivity index (χ0v) is 9.92. The molecule has 1 aliphatic heterocycles. The third-order valence-electron chi connectivity index (χ3n) is 2.28. The molecule has 2 rings (SSSR count). The van der Waals surface area contributed by atoms with Crippen LogP contribution < -0.4 is 10.1 Å². The van der Waals surface area contributed by atoms with Gasteiger partial charge in [0.25, 0.3) is 5.91 Å². The van der Waals surface area contributed by atoms with Crippen molar-refractivity contribution in [1.82, 2.24) is 10.3 Å². The smallest absolute Gasteiger partial charge is 0.261 e. The molecule has 0 aromatic carbocycles. The molecule has 4 nitrogen and oxygen atoms in total. The number of carbonyl (C=O) groups excluding carboxylic acids is 1. The Morgan fingerprint density at radius 1 is 1.62 bits per heavy atom. The second kappa shape index (κ2) is 5.21. The minimum Gasteiger partial charge on any atom is -0.479 e. The number of nitrogens with zero attached hydrogens (tertiary/aromatic N) is 1. The van der Waals surface area contributed by atoms with Crippen molar-refractivity contribution in [2.45, 2.75) is 24.5 Å². The fourth-order valence-corrected chi connectivity index (χ4v) is 2.11. The van der Waals surface area contributed by atoms with E-state index in [0.29, 0.717) is 12.3 Å². The summed E-state index contributed by atoms with van der Waals surface area (Å²) in [6.07, 6.45) is 2.04. The molecule has 1 amide bonds. The fraction of sp³-hybridized carbons (Fsp3) is 0.455. The van der Waals surface area contributed by atoms with Crippen LogP contribution in [0.25, 0.3) is 0 Å². The van der Waals surface area contributed by atoms with Crippen LogP contribution in [0.5, 0.6) is 5.75 Å². The molecule has 2 heterocycles. The standard InChI is InChI=1S/C11H14N2O2S/c1-2-16-10-4-3-8(7-13-10)15-9-5-6-12-11(9)14/h3-4,7,9H,2,5-6H2,1H3,(H,12,14)/t9-/m1/s1. The molecule has 1 aromatic rings. The van der Waals surface area contributed by atoms with Gasteiger partial charge in [-0.2, -0.15) is 0 Å². The van der Waals surface area contributed by atoms with E-state index in [1.807, 2.05) is 12.1 Å². The highest BCUT2D eigenvalue weighted by molar-refractivity contribution is 7.99. The van der Waals surface area contributed by atoms with Crippen molar-refractivity contribution in [3.8, 4) is 5.75 Å². The Morgan fingerprint density at radius 2 is 2.50 bits per heavy atom. The van der Waals surface area contributed by atoms with Gasteiger partial charge in [0.05, 0.1) is 11.2 Å². The Hall–Kier alpha value is -1.23. The predicted octanol–water partition coefficient (Wildman–Crippen LogP) is 1.46. The molecule has 0 radical (unpaired) electrons. The Balaban J connectivity index is 1.96. The second-order valence-electron chi connectivity index (χ2n) is 3.45. The molecule has 0 saturated carbocycles. The molecule has 1 atom stereocenters. The van der Waals surface area contributed by atoms with E-state index in [9.17, 15) is 4.79 Å². The Kier molecular flexibility index (Phi) is 3.66. The van der Waals surface area contributed by atoms with Crippen LogP contribution in [0.1, 0.15) is 13.3 Å². The first-order valence-corrected chi connectivity index (χ1v) is 6.31. The van der Waals surface area contributed by atoms with Crippen LogP contribution in [-0.2, 0) is 4.79 Å². The number of thioether (sulfide) groups is 1. The first-order valence-electron chi connectivity index (χ1n) is 5.33. The van der Waals surface area contributed by atoms with Gasteiger partial charge in [0.1, 0.15) is 5.75 Å². The van der Waals surface area contributed by atoms with E-state index in [0.717, 1.165) is 17.2 Å². The molecule has 1 saturated heterocycles. The van der Waals surface area contributed by atoms with Gasteiger partial charge in [0.15, 0.2) is 6.10 Å². The van der Waals surface area contributed by atoms with E-state index >= 15 is 0 Å². The van der Waals surface area contributed by atoms with Gasteiger partial charge >= 0.3 is 0 Å². The molecule has 0 bridgehead atoms. The van der Waals surface area contributed by atoms with Crippen LogP contribution in [0, 0.1) is 0 Å². The van der Waals surface area contributed by atoms with Crippen LogP contribution >= 0.6 is 11.8 Å². The maximum atomic E-state index is 11.3.